The van der Waals surface area contributed by atoms with Crippen LogP contribution in [0.1, 0.15) is 26.2 Å². The van der Waals surface area contributed by atoms with Crippen molar-refractivity contribution < 1.29 is 14.4 Å². The van der Waals surface area contributed by atoms with Gasteiger partial charge in [-0.2, -0.15) is 4.98 Å². The molecular weight excluding hydrogens is 290 g/mol. The van der Waals surface area contributed by atoms with E-state index in [1.807, 2.05) is 17.5 Å². The standard InChI is InChI=1S/C14H19N3O3S/c1-14(2,19)9-17(3)12(18)7-6-11-15-13(16-20-11)10-5-4-8-21-10/h4-5,8,19H,6-7,9H2,1-3H3. The lowest BCUT2D eigenvalue weighted by Gasteiger charge is -2.25. The lowest BCUT2D eigenvalue weighted by Crippen LogP contribution is -2.39. The van der Waals surface area contributed by atoms with Gasteiger partial charge in [-0.15, -0.1) is 11.3 Å². The fraction of sp³-hybridized carbons (Fsp3) is 0.500. The highest BCUT2D eigenvalue weighted by molar-refractivity contribution is 7.13. The molecule has 0 atom stereocenters. The predicted molar refractivity (Wildman–Crippen MR) is 79.9 cm³/mol. The molecule has 0 aliphatic rings. The highest BCUT2D eigenvalue weighted by atomic mass is 32.1. The van der Waals surface area contributed by atoms with E-state index in [2.05, 4.69) is 10.1 Å². The molecule has 114 valence electrons. The van der Waals surface area contributed by atoms with Gasteiger partial charge in [-0.05, 0) is 25.3 Å². The molecule has 0 aliphatic heterocycles. The largest absolute Gasteiger partial charge is 0.389 e. The number of carbonyl (C=O) groups excluding carboxylic acids is 1. The first-order valence-corrected chi connectivity index (χ1v) is 7.56. The van der Waals surface area contributed by atoms with E-state index in [9.17, 15) is 9.90 Å². The third-order valence-electron chi connectivity index (χ3n) is 2.81. The molecule has 0 unspecified atom stereocenters. The Morgan fingerprint density at radius 1 is 1.52 bits per heavy atom. The van der Waals surface area contributed by atoms with E-state index in [0.29, 0.717) is 18.1 Å². The van der Waals surface area contributed by atoms with E-state index in [1.54, 1.807) is 20.9 Å². The number of nitrogens with zero attached hydrogens (tertiary/aromatic N) is 3. The summed E-state index contributed by atoms with van der Waals surface area (Å²) >= 11 is 1.54. The Bertz CT molecular complexity index is 587. The van der Waals surface area contributed by atoms with Crippen LogP contribution in [0.15, 0.2) is 22.0 Å². The number of likely N-dealkylation sites (N-methyl/N-ethyl adjacent to an activating group) is 1. The first kappa shape index (κ1) is 15.7. The monoisotopic (exact) mass is 309 g/mol. The normalized spacial score (nSPS) is 11.6. The molecule has 0 bridgehead atoms. The molecule has 0 spiro atoms. The fourth-order valence-corrected chi connectivity index (χ4v) is 2.58. The van der Waals surface area contributed by atoms with Crippen molar-refractivity contribution in [2.75, 3.05) is 13.6 Å². The zero-order valence-electron chi connectivity index (χ0n) is 12.4. The van der Waals surface area contributed by atoms with Crippen molar-refractivity contribution in [3.63, 3.8) is 0 Å². The number of carbonyl (C=O) groups is 1. The van der Waals surface area contributed by atoms with Crippen LogP contribution >= 0.6 is 11.3 Å². The molecule has 0 saturated heterocycles. The molecule has 21 heavy (non-hydrogen) atoms. The van der Waals surface area contributed by atoms with Crippen LogP contribution in [0.5, 0.6) is 0 Å². The van der Waals surface area contributed by atoms with Crippen LogP contribution in [0.4, 0.5) is 0 Å². The minimum absolute atomic E-state index is 0.0620. The molecule has 7 heteroatoms. The molecule has 0 aromatic carbocycles. The average molecular weight is 309 g/mol. The summed E-state index contributed by atoms with van der Waals surface area (Å²) in [5.41, 5.74) is -0.902. The van der Waals surface area contributed by atoms with Gasteiger partial charge in [0.05, 0.1) is 10.5 Å². The van der Waals surface area contributed by atoms with Gasteiger partial charge in [0, 0.05) is 26.4 Å². The van der Waals surface area contributed by atoms with Gasteiger partial charge in [0.2, 0.25) is 17.6 Å². The second kappa shape index (κ2) is 6.36. The van der Waals surface area contributed by atoms with Crippen LogP contribution < -0.4 is 0 Å². The molecular formula is C14H19N3O3S. The van der Waals surface area contributed by atoms with Crippen molar-refractivity contribution in [1.82, 2.24) is 15.0 Å². The minimum Gasteiger partial charge on any atom is -0.389 e. The summed E-state index contributed by atoms with van der Waals surface area (Å²) in [4.78, 5) is 18.7. The Morgan fingerprint density at radius 2 is 2.29 bits per heavy atom. The van der Waals surface area contributed by atoms with Crippen molar-refractivity contribution in [2.45, 2.75) is 32.3 Å². The molecule has 0 radical (unpaired) electrons. The topological polar surface area (TPSA) is 79.5 Å². The highest BCUT2D eigenvalue weighted by Crippen LogP contribution is 2.21. The second-order valence-electron chi connectivity index (χ2n) is 5.55. The van der Waals surface area contributed by atoms with Crippen LogP contribution in [-0.4, -0.2) is 45.2 Å². The van der Waals surface area contributed by atoms with Gasteiger partial charge in [-0.1, -0.05) is 11.2 Å². The Labute approximate surface area is 127 Å². The smallest absolute Gasteiger partial charge is 0.227 e. The SMILES string of the molecule is CN(CC(C)(C)O)C(=O)CCc1nc(-c2cccs2)no1. The molecule has 2 heterocycles. The van der Waals surface area contributed by atoms with Gasteiger partial charge in [-0.25, -0.2) is 0 Å². The van der Waals surface area contributed by atoms with Gasteiger partial charge in [-0.3, -0.25) is 4.79 Å². The lowest BCUT2D eigenvalue weighted by molar-refractivity contribution is -0.132. The second-order valence-corrected chi connectivity index (χ2v) is 6.50. The van der Waals surface area contributed by atoms with Gasteiger partial charge < -0.3 is 14.5 Å². The zero-order valence-corrected chi connectivity index (χ0v) is 13.2. The maximum Gasteiger partial charge on any atom is 0.227 e. The van der Waals surface area contributed by atoms with E-state index in [0.717, 1.165) is 4.88 Å². The summed E-state index contributed by atoms with van der Waals surface area (Å²) < 4.78 is 5.14. The molecule has 0 fully saturated rings. The molecule has 0 saturated carbocycles. The van der Waals surface area contributed by atoms with Crippen molar-refractivity contribution >= 4 is 17.2 Å². The van der Waals surface area contributed by atoms with Crippen LogP contribution in [0.2, 0.25) is 0 Å². The van der Waals surface area contributed by atoms with Crippen LogP contribution in [0.3, 0.4) is 0 Å². The summed E-state index contributed by atoms with van der Waals surface area (Å²) in [7, 11) is 1.67. The van der Waals surface area contributed by atoms with E-state index >= 15 is 0 Å². The van der Waals surface area contributed by atoms with Crippen molar-refractivity contribution in [2.24, 2.45) is 0 Å². The minimum atomic E-state index is -0.902. The number of aryl methyl sites for hydroxylation is 1. The predicted octanol–water partition coefficient (Wildman–Crippen LogP) is 1.96. The van der Waals surface area contributed by atoms with E-state index in [4.69, 9.17) is 4.52 Å². The Balaban J connectivity index is 1.87. The molecule has 2 rings (SSSR count). The Hall–Kier alpha value is -1.73. The molecule has 2 aromatic rings. The first-order valence-electron chi connectivity index (χ1n) is 6.68. The Kier molecular flexibility index (Phi) is 4.74. The number of hydrogen-bond acceptors (Lipinski definition) is 6. The number of aromatic nitrogens is 2. The molecule has 6 nitrogen and oxygen atoms in total. The van der Waals surface area contributed by atoms with Gasteiger partial charge in [0.15, 0.2) is 0 Å². The fourth-order valence-electron chi connectivity index (χ4n) is 1.94. The summed E-state index contributed by atoms with van der Waals surface area (Å²) in [5.74, 6) is 0.939. The molecule has 1 amide bonds. The lowest BCUT2D eigenvalue weighted by atomic mass is 10.1. The van der Waals surface area contributed by atoms with Gasteiger partial charge in [0.1, 0.15) is 0 Å². The summed E-state index contributed by atoms with van der Waals surface area (Å²) in [6.45, 7) is 3.63. The summed E-state index contributed by atoms with van der Waals surface area (Å²) in [6, 6.07) is 3.84. The quantitative estimate of drug-likeness (QED) is 0.882. The molecule has 2 aromatic heterocycles. The maximum absolute atomic E-state index is 12.0. The third kappa shape index (κ3) is 4.64. The van der Waals surface area contributed by atoms with E-state index in [1.165, 1.54) is 16.2 Å². The van der Waals surface area contributed by atoms with Crippen LogP contribution in [0, 0.1) is 0 Å². The van der Waals surface area contributed by atoms with Gasteiger partial charge in [0.25, 0.3) is 0 Å². The summed E-state index contributed by atoms with van der Waals surface area (Å²) in [6.07, 6.45) is 0.673. The first-order chi connectivity index (χ1) is 9.85. The number of rotatable bonds is 6. The highest BCUT2D eigenvalue weighted by Gasteiger charge is 2.20. The molecule has 0 aliphatic carbocycles. The number of aliphatic hydroxyl groups is 1. The Morgan fingerprint density at radius 3 is 2.90 bits per heavy atom. The van der Waals surface area contributed by atoms with Crippen LogP contribution in [-0.2, 0) is 11.2 Å². The number of amides is 1. The summed E-state index contributed by atoms with van der Waals surface area (Å²) in [5, 5.41) is 15.5. The number of thiophene rings is 1. The average Bonchev–Trinajstić information content (AvgIpc) is 3.04. The maximum atomic E-state index is 12.0. The van der Waals surface area contributed by atoms with Crippen LogP contribution in [0.25, 0.3) is 10.7 Å². The molecule has 1 N–H and O–H groups in total. The zero-order chi connectivity index (χ0) is 15.5. The van der Waals surface area contributed by atoms with Gasteiger partial charge >= 0.3 is 0 Å². The van der Waals surface area contributed by atoms with E-state index in [-0.39, 0.29) is 18.9 Å². The van der Waals surface area contributed by atoms with E-state index < -0.39 is 5.60 Å². The van der Waals surface area contributed by atoms with Crippen molar-refractivity contribution in [3.8, 4) is 10.7 Å². The third-order valence-corrected chi connectivity index (χ3v) is 3.68. The van der Waals surface area contributed by atoms with Crippen molar-refractivity contribution in [3.05, 3.63) is 23.4 Å². The number of hydrogen-bond donors (Lipinski definition) is 1. The van der Waals surface area contributed by atoms with Crippen molar-refractivity contribution in [1.29, 1.82) is 0 Å².